The molecule has 7 aromatic heterocycles. The van der Waals surface area contributed by atoms with Crippen LogP contribution in [0.3, 0.4) is 0 Å². The first-order valence-corrected chi connectivity index (χ1v) is 48.3. The number of hydrogen-bond donors (Lipinski definition) is 3. The first kappa shape index (κ1) is 98.1. The van der Waals surface area contributed by atoms with Gasteiger partial charge in [0.1, 0.15) is 23.0 Å². The monoisotopic (exact) mass is 1840 g/mol. The van der Waals surface area contributed by atoms with E-state index in [1.165, 1.54) is 83.5 Å². The van der Waals surface area contributed by atoms with Crippen LogP contribution in [0.4, 0.5) is 0 Å². The van der Waals surface area contributed by atoms with Crippen molar-refractivity contribution in [2.24, 2.45) is 47.3 Å². The molecule has 710 valence electrons. The van der Waals surface area contributed by atoms with Crippen LogP contribution in [0.1, 0.15) is 190 Å². The topological polar surface area (TPSA) is 264 Å². The average molecular weight is 1840 g/mol. The van der Waals surface area contributed by atoms with Gasteiger partial charge in [-0.15, -0.1) is 24.8 Å². The fraction of sp³-hybridized carbons (Fsp3) is 0.583. The maximum atomic E-state index is 12.0. The smallest absolute Gasteiger partial charge is 0.252 e. The van der Waals surface area contributed by atoms with Gasteiger partial charge in [-0.25, -0.2) is 4.98 Å². The number of nitrogens with one attached hydrogen (secondary N) is 3. The van der Waals surface area contributed by atoms with E-state index in [9.17, 15) is 9.59 Å². The van der Waals surface area contributed by atoms with Crippen molar-refractivity contribution in [3.63, 3.8) is 0 Å². The number of benzene rings is 4. The lowest BCUT2D eigenvalue weighted by molar-refractivity contribution is 0.170. The SMILES string of the molecule is CN(C)Cc1c(OCC2CC2)ccc2c(CCC3CCN(Cc4ccc[nH]c4=O)CC3)noc12.CN(C)Cc1c(OCC2CC2)ccc2c(CCC3CCN(Cc4ccc[nH]c4=O)CC3)noc12.CN(C)Cc1c(OCC2CC2)ccc2c(CCC3CCNCC3)noc12.COc1ncccc1CN1CCC(CCc2noc3c(CN(C)C)c(OCC4CC4)ccc23)CC1.Cl.Cl. The molecule has 3 N–H and O–H groups in total. The number of aryl methyl sites for hydroxylation is 4. The van der Waals surface area contributed by atoms with E-state index >= 15 is 0 Å². The van der Waals surface area contributed by atoms with Crippen molar-refractivity contribution < 1.29 is 41.8 Å². The quantitative estimate of drug-likeness (QED) is 0.0323. The van der Waals surface area contributed by atoms with Gasteiger partial charge in [-0.2, -0.15) is 0 Å². The number of aromatic nitrogens is 7. The number of fused-ring (bicyclic) bond motifs is 4. The van der Waals surface area contributed by atoms with Gasteiger partial charge in [0.25, 0.3) is 11.1 Å². The van der Waals surface area contributed by atoms with Crippen LogP contribution in [0.5, 0.6) is 28.9 Å². The van der Waals surface area contributed by atoms with E-state index in [4.69, 9.17) is 41.8 Å². The van der Waals surface area contributed by atoms with E-state index in [0.717, 1.165) is 353 Å². The molecule has 0 amide bonds. The predicted molar refractivity (Wildman–Crippen MR) is 521 cm³/mol. The van der Waals surface area contributed by atoms with Crippen molar-refractivity contribution >= 4 is 68.7 Å². The number of aromatic amines is 2. The summed E-state index contributed by atoms with van der Waals surface area (Å²) in [6, 6.07) is 28.7. The largest absolute Gasteiger partial charge is 0.493 e. The number of ether oxygens (including phenoxy) is 5. The van der Waals surface area contributed by atoms with Crippen molar-refractivity contribution in [3.05, 3.63) is 186 Å². The van der Waals surface area contributed by atoms with E-state index in [0.29, 0.717) is 23.7 Å². The molecule has 131 heavy (non-hydrogen) atoms. The Morgan fingerprint density at radius 3 is 0.916 bits per heavy atom. The summed E-state index contributed by atoms with van der Waals surface area (Å²) in [5, 5.41) is 25.9. The van der Waals surface area contributed by atoms with Crippen LogP contribution in [0, 0.1) is 47.3 Å². The lowest BCUT2D eigenvalue weighted by Crippen LogP contribution is -2.35. The van der Waals surface area contributed by atoms with Crippen LogP contribution >= 0.6 is 24.8 Å². The number of hydrogen-bond acceptors (Lipinski definition) is 24. The van der Waals surface area contributed by atoms with Gasteiger partial charge in [-0.05, 0) is 377 Å². The maximum absolute atomic E-state index is 12.0. The molecule has 0 atom stereocenters. The van der Waals surface area contributed by atoms with Crippen molar-refractivity contribution in [1.29, 1.82) is 0 Å². The zero-order valence-electron chi connectivity index (χ0n) is 79.0. The van der Waals surface area contributed by atoms with Gasteiger partial charge in [0, 0.05) is 103 Å². The minimum Gasteiger partial charge on any atom is -0.493 e. The van der Waals surface area contributed by atoms with Crippen molar-refractivity contribution in [2.75, 3.05) is 142 Å². The Hall–Kier alpha value is -8.93. The second-order valence-corrected chi connectivity index (χ2v) is 39.4. The predicted octanol–water partition coefficient (Wildman–Crippen LogP) is 17.8. The minimum absolute atomic E-state index is 0. The molecular weight excluding hydrogens is 1690 g/mol. The molecule has 26 nitrogen and oxygen atoms in total. The molecule has 0 spiro atoms. The highest BCUT2D eigenvalue weighted by Crippen LogP contribution is 2.42. The molecule has 4 aromatic carbocycles. The fourth-order valence-corrected chi connectivity index (χ4v) is 18.9. The van der Waals surface area contributed by atoms with Crippen LogP contribution in [0.15, 0.2) is 131 Å². The Bertz CT molecular complexity index is 5320. The van der Waals surface area contributed by atoms with Gasteiger partial charge in [-0.3, -0.25) is 24.3 Å². The summed E-state index contributed by atoms with van der Waals surface area (Å²) in [6.45, 7) is 17.4. The van der Waals surface area contributed by atoms with Crippen LogP contribution in [-0.4, -0.2) is 212 Å². The van der Waals surface area contributed by atoms with Gasteiger partial charge >= 0.3 is 0 Å². The standard InChI is InChI=1S/C28H38N4O3.2C27H36N4O3.C21H31N3O2.2ClH/c1-31(2)18-24-26(34-19-21-6-7-21)11-9-23-25(30-35-27(23)24)10-8-20-12-15-32(16-13-20)17-22-5-4-14-29-28(22)33-3;2*1-30(2)17-23-25(33-18-20-5-6-20)10-8-22-24(29-34-26(22)23)9-7-19-11-14-31(15-12-19)16-21-4-3-13-28-27(21)32;1-24(2)13-18-20(25-14-16-3-4-16)8-6-17-19(23-26-21(17)18)7-5-15-9-11-22-12-10-15;;/h4-5,9,11,14,20-21H,6-8,10,12-13,15-19H2,1-3H3;2*3-4,8,10,13,19-20H,5-7,9,11-12,14-18H2,1-2H3,(H,28,32);6,8,15-16,22H,3-5,7,9-14H2,1-2H3;2*1H. The summed E-state index contributed by atoms with van der Waals surface area (Å²) < 4.78 is 53.5. The minimum atomic E-state index is 0. The molecule has 0 unspecified atom stereocenters. The summed E-state index contributed by atoms with van der Waals surface area (Å²) in [6.07, 6.45) is 33.5. The van der Waals surface area contributed by atoms with Gasteiger partial charge in [-0.1, -0.05) is 38.8 Å². The lowest BCUT2D eigenvalue weighted by atomic mass is 9.91. The number of pyridine rings is 3. The molecule has 0 bridgehead atoms. The Morgan fingerprint density at radius 1 is 0.359 bits per heavy atom. The number of H-pyrrole nitrogens is 2. The van der Waals surface area contributed by atoms with E-state index in [1.54, 1.807) is 25.7 Å². The molecule has 8 aliphatic rings. The molecule has 4 saturated carbocycles. The molecule has 11 aromatic rings. The van der Waals surface area contributed by atoms with Gasteiger partial charge in [0.2, 0.25) is 5.88 Å². The van der Waals surface area contributed by atoms with Crippen molar-refractivity contribution in [3.8, 4) is 28.9 Å². The van der Waals surface area contributed by atoms with Crippen LogP contribution in [0.25, 0.3) is 43.9 Å². The zero-order valence-corrected chi connectivity index (χ0v) is 80.6. The Morgan fingerprint density at radius 2 is 0.641 bits per heavy atom. The lowest BCUT2D eigenvalue weighted by Gasteiger charge is -2.32. The summed E-state index contributed by atoms with van der Waals surface area (Å²) >= 11 is 0. The van der Waals surface area contributed by atoms with E-state index in [2.05, 4.69) is 186 Å². The average Bonchev–Trinajstić information content (AvgIpc) is 1.66. The molecule has 8 fully saturated rings. The van der Waals surface area contributed by atoms with E-state index < -0.39 is 0 Å². The molecular formula is C103H143Cl2N15O11. The number of rotatable bonds is 39. The highest BCUT2D eigenvalue weighted by molar-refractivity contribution is 5.87. The molecule has 4 aliphatic heterocycles. The van der Waals surface area contributed by atoms with E-state index in [1.807, 2.05) is 30.3 Å². The Kier molecular flexibility index (Phi) is 35.8. The fourth-order valence-electron chi connectivity index (χ4n) is 18.9. The van der Waals surface area contributed by atoms with Gasteiger partial charge in [0.15, 0.2) is 22.3 Å². The number of nitrogens with zero attached hydrogens (tertiary/aromatic N) is 12. The summed E-state index contributed by atoms with van der Waals surface area (Å²) in [5.74, 6) is 10.3. The summed E-state index contributed by atoms with van der Waals surface area (Å²) in [4.78, 5) is 49.7. The first-order chi connectivity index (χ1) is 62.9. The highest BCUT2D eigenvalue weighted by atomic mass is 35.5. The van der Waals surface area contributed by atoms with Gasteiger partial charge in [0.05, 0.1) is 78.6 Å². The highest BCUT2D eigenvalue weighted by Gasteiger charge is 2.32. The summed E-state index contributed by atoms with van der Waals surface area (Å²) in [7, 11) is 18.3. The van der Waals surface area contributed by atoms with Crippen LogP contribution in [0.2, 0.25) is 0 Å². The second kappa shape index (κ2) is 47.8. The third kappa shape index (κ3) is 27.9. The maximum Gasteiger partial charge on any atom is 0.252 e. The third-order valence-corrected chi connectivity index (χ3v) is 27.4. The van der Waals surface area contributed by atoms with Gasteiger partial charge < -0.3 is 76.7 Å². The number of piperidine rings is 4. The normalized spacial score (nSPS) is 17.5. The van der Waals surface area contributed by atoms with Crippen molar-refractivity contribution in [1.82, 2.24) is 75.2 Å². The molecule has 4 saturated heterocycles. The zero-order chi connectivity index (χ0) is 89.1. The number of halogens is 2. The molecule has 4 aliphatic carbocycles. The second-order valence-electron chi connectivity index (χ2n) is 39.4. The Labute approximate surface area is 785 Å². The third-order valence-electron chi connectivity index (χ3n) is 27.4. The van der Waals surface area contributed by atoms with Crippen LogP contribution < -0.4 is 40.1 Å². The Balaban J connectivity index is 0.000000141. The van der Waals surface area contributed by atoms with Crippen molar-refractivity contribution in [2.45, 2.75) is 200 Å². The van der Waals surface area contributed by atoms with E-state index in [-0.39, 0.29) is 35.9 Å². The first-order valence-electron chi connectivity index (χ1n) is 48.3. The van der Waals surface area contributed by atoms with Crippen LogP contribution in [-0.2, 0) is 71.5 Å². The number of likely N-dealkylation sites (tertiary alicyclic amines) is 3. The molecule has 19 rings (SSSR count). The summed E-state index contributed by atoms with van der Waals surface area (Å²) in [5.41, 5.74) is 15.2. The number of methoxy groups -OCH3 is 1. The molecule has 11 heterocycles. The molecule has 28 heteroatoms. The molecule has 0 radical (unpaired) electrons.